The van der Waals surface area contributed by atoms with E-state index < -0.39 is 7.92 Å². The maximum atomic E-state index is 2.32. The summed E-state index contributed by atoms with van der Waals surface area (Å²) in [4.78, 5) is 0. The molecule has 1 heteroatoms. The Bertz CT molecular complexity index is 1210. The fourth-order valence-electron chi connectivity index (χ4n) is 4.07. The molecule has 0 saturated carbocycles. The zero-order chi connectivity index (χ0) is 20.9. The number of hydrogen-bond donors (Lipinski definition) is 0. The summed E-state index contributed by atoms with van der Waals surface area (Å²) < 4.78 is 0. The van der Waals surface area contributed by atoms with Crippen LogP contribution in [-0.2, 0) is 0 Å². The smallest absolute Gasteiger partial charge is 0.00217 e. The summed E-state index contributed by atoms with van der Waals surface area (Å²) in [6.45, 7) is 0. The van der Waals surface area contributed by atoms with Crippen molar-refractivity contribution in [1.29, 1.82) is 0 Å². The molecular weight excluding hydrogens is 391 g/mol. The average molecular weight is 414 g/mol. The lowest BCUT2D eigenvalue weighted by molar-refractivity contribution is 1.60. The molecule has 0 aliphatic carbocycles. The first-order chi connectivity index (χ1) is 15.4. The summed E-state index contributed by atoms with van der Waals surface area (Å²) >= 11 is 0. The van der Waals surface area contributed by atoms with Gasteiger partial charge in [0.2, 0.25) is 0 Å². The van der Waals surface area contributed by atoms with Crippen molar-refractivity contribution in [3.63, 3.8) is 0 Å². The van der Waals surface area contributed by atoms with Gasteiger partial charge >= 0.3 is 0 Å². The molecule has 0 aliphatic rings. The fourth-order valence-corrected chi connectivity index (χ4v) is 6.58. The van der Waals surface area contributed by atoms with Crippen molar-refractivity contribution < 1.29 is 0 Å². The van der Waals surface area contributed by atoms with Crippen LogP contribution in [0.4, 0.5) is 0 Å². The summed E-state index contributed by atoms with van der Waals surface area (Å²) in [7, 11) is -0.697. The fraction of sp³-hybridized carbons (Fsp3) is 0. The maximum absolute atomic E-state index is 2.32. The first-order valence-corrected chi connectivity index (χ1v) is 11.9. The molecule has 0 spiro atoms. The van der Waals surface area contributed by atoms with E-state index in [0.29, 0.717) is 0 Å². The first kappa shape index (κ1) is 19.5. The quantitative estimate of drug-likeness (QED) is 0.278. The van der Waals surface area contributed by atoms with Crippen LogP contribution < -0.4 is 15.9 Å². The maximum Gasteiger partial charge on any atom is -0.00217 e. The van der Waals surface area contributed by atoms with Gasteiger partial charge in [0.25, 0.3) is 0 Å². The van der Waals surface area contributed by atoms with Gasteiger partial charge in [-0.05, 0) is 46.1 Å². The van der Waals surface area contributed by atoms with Gasteiger partial charge in [-0.25, -0.2) is 0 Å². The van der Waals surface area contributed by atoms with E-state index in [-0.39, 0.29) is 0 Å². The molecular formula is C30H23P. The molecule has 0 unspecified atom stereocenters. The Labute approximate surface area is 185 Å². The molecule has 5 aromatic rings. The molecule has 5 rings (SSSR count). The zero-order valence-corrected chi connectivity index (χ0v) is 18.1. The topological polar surface area (TPSA) is 0 Å². The molecule has 0 bridgehead atoms. The van der Waals surface area contributed by atoms with Gasteiger partial charge in [-0.2, -0.15) is 0 Å². The SMILES string of the molecule is c1ccc(-c2cccc(P(c3ccccc3)c3ccccc3)c2-c2ccccc2)cc1. The van der Waals surface area contributed by atoms with Crippen LogP contribution in [0.5, 0.6) is 0 Å². The Morgan fingerprint density at radius 2 is 0.806 bits per heavy atom. The van der Waals surface area contributed by atoms with Crippen LogP contribution in [0, 0.1) is 0 Å². The van der Waals surface area contributed by atoms with E-state index in [4.69, 9.17) is 0 Å². The summed E-state index contributed by atoms with van der Waals surface area (Å²) in [5.74, 6) is 0. The molecule has 0 radical (unpaired) electrons. The van der Waals surface area contributed by atoms with Crippen LogP contribution in [-0.4, -0.2) is 0 Å². The Balaban J connectivity index is 1.82. The highest BCUT2D eigenvalue weighted by Gasteiger charge is 2.22. The van der Waals surface area contributed by atoms with Crippen molar-refractivity contribution >= 4 is 23.8 Å². The normalized spacial score (nSPS) is 10.9. The van der Waals surface area contributed by atoms with E-state index in [1.165, 1.54) is 38.2 Å². The highest BCUT2D eigenvalue weighted by atomic mass is 31.1. The van der Waals surface area contributed by atoms with E-state index in [1.807, 2.05) is 0 Å². The van der Waals surface area contributed by atoms with Gasteiger partial charge in [0.1, 0.15) is 0 Å². The van der Waals surface area contributed by atoms with Crippen molar-refractivity contribution in [1.82, 2.24) is 0 Å². The highest BCUT2D eigenvalue weighted by Crippen LogP contribution is 2.41. The number of hydrogen-bond acceptors (Lipinski definition) is 0. The second-order valence-corrected chi connectivity index (χ2v) is 9.62. The molecule has 31 heavy (non-hydrogen) atoms. The third-order valence-electron chi connectivity index (χ3n) is 5.46. The molecule has 0 amide bonds. The van der Waals surface area contributed by atoms with Crippen molar-refractivity contribution in [2.75, 3.05) is 0 Å². The van der Waals surface area contributed by atoms with Crippen molar-refractivity contribution in [3.8, 4) is 22.3 Å². The van der Waals surface area contributed by atoms with E-state index in [1.54, 1.807) is 0 Å². The van der Waals surface area contributed by atoms with Gasteiger partial charge in [0.05, 0.1) is 0 Å². The Morgan fingerprint density at radius 1 is 0.355 bits per heavy atom. The largest absolute Gasteiger partial charge is 0.0622 e. The predicted molar refractivity (Wildman–Crippen MR) is 136 cm³/mol. The Kier molecular flexibility index (Phi) is 5.74. The van der Waals surface area contributed by atoms with Crippen molar-refractivity contribution in [3.05, 3.63) is 140 Å². The minimum absolute atomic E-state index is 0.697. The van der Waals surface area contributed by atoms with Crippen LogP contribution in [0.2, 0.25) is 0 Å². The molecule has 5 aromatic carbocycles. The van der Waals surface area contributed by atoms with Gasteiger partial charge in [0, 0.05) is 0 Å². The summed E-state index contributed by atoms with van der Waals surface area (Å²) in [5.41, 5.74) is 5.12. The van der Waals surface area contributed by atoms with Gasteiger partial charge in [-0.1, -0.05) is 140 Å². The lowest BCUT2D eigenvalue weighted by Crippen LogP contribution is -2.22. The molecule has 0 saturated heterocycles. The summed E-state index contributed by atoms with van der Waals surface area (Å²) in [6, 6.07) is 50.2. The minimum Gasteiger partial charge on any atom is -0.0622 e. The number of rotatable bonds is 5. The van der Waals surface area contributed by atoms with E-state index >= 15 is 0 Å². The van der Waals surface area contributed by atoms with Gasteiger partial charge in [-0.3, -0.25) is 0 Å². The molecule has 0 atom stereocenters. The number of benzene rings is 5. The molecule has 0 aliphatic heterocycles. The molecule has 0 fully saturated rings. The second kappa shape index (κ2) is 9.13. The van der Waals surface area contributed by atoms with Gasteiger partial charge in [0.15, 0.2) is 0 Å². The lowest BCUT2D eigenvalue weighted by Gasteiger charge is -2.24. The van der Waals surface area contributed by atoms with E-state index in [2.05, 4.69) is 140 Å². The molecule has 0 aromatic heterocycles. The summed E-state index contributed by atoms with van der Waals surface area (Å²) in [6.07, 6.45) is 0. The highest BCUT2D eigenvalue weighted by molar-refractivity contribution is 7.80. The van der Waals surface area contributed by atoms with Crippen LogP contribution in [0.1, 0.15) is 0 Å². The second-order valence-electron chi connectivity index (χ2n) is 7.44. The molecule has 0 heterocycles. The van der Waals surface area contributed by atoms with Crippen molar-refractivity contribution in [2.45, 2.75) is 0 Å². The van der Waals surface area contributed by atoms with E-state index in [9.17, 15) is 0 Å². The average Bonchev–Trinajstić information content (AvgIpc) is 2.86. The lowest BCUT2D eigenvalue weighted by atomic mass is 9.94. The van der Waals surface area contributed by atoms with Crippen molar-refractivity contribution in [2.24, 2.45) is 0 Å². The standard InChI is InChI=1S/C30H23P/c1-5-14-24(15-6-1)28-22-13-23-29(30(28)25-16-7-2-8-17-25)31(26-18-9-3-10-19-26)27-20-11-4-12-21-27/h1-23H. The van der Waals surface area contributed by atoms with Crippen LogP contribution in [0.15, 0.2) is 140 Å². The van der Waals surface area contributed by atoms with Crippen LogP contribution in [0.3, 0.4) is 0 Å². The zero-order valence-electron chi connectivity index (χ0n) is 17.2. The molecule has 148 valence electrons. The van der Waals surface area contributed by atoms with Crippen LogP contribution >= 0.6 is 7.92 Å². The first-order valence-electron chi connectivity index (χ1n) is 10.6. The minimum atomic E-state index is -0.697. The van der Waals surface area contributed by atoms with Gasteiger partial charge < -0.3 is 0 Å². The van der Waals surface area contributed by atoms with Gasteiger partial charge in [-0.15, -0.1) is 0 Å². The third kappa shape index (κ3) is 4.08. The summed E-state index contributed by atoms with van der Waals surface area (Å²) in [5, 5.41) is 4.12. The Hall–Kier alpha value is -3.47. The molecule has 0 nitrogen and oxygen atoms in total. The molecule has 0 N–H and O–H groups in total. The van der Waals surface area contributed by atoms with Crippen LogP contribution in [0.25, 0.3) is 22.3 Å². The van der Waals surface area contributed by atoms with E-state index in [0.717, 1.165) is 0 Å². The monoisotopic (exact) mass is 414 g/mol. The third-order valence-corrected chi connectivity index (χ3v) is 7.94. The Morgan fingerprint density at radius 3 is 1.32 bits per heavy atom. The predicted octanol–water partition coefficient (Wildman–Crippen LogP) is 6.78.